The Morgan fingerprint density at radius 3 is 3.00 bits per heavy atom. The Morgan fingerprint density at radius 2 is 2.43 bits per heavy atom. The van der Waals surface area contributed by atoms with Gasteiger partial charge in [0.1, 0.15) is 0 Å². The van der Waals surface area contributed by atoms with E-state index in [4.69, 9.17) is 0 Å². The number of rotatable bonds is 2. The van der Waals surface area contributed by atoms with Crippen molar-refractivity contribution < 1.29 is 4.79 Å². The number of carbonyl (C=O) groups excluding carboxylic acids is 1. The summed E-state index contributed by atoms with van der Waals surface area (Å²) in [6.07, 6.45) is 6.30. The number of carbonyl (C=O) groups is 1. The van der Waals surface area contributed by atoms with Crippen LogP contribution in [0.1, 0.15) is 10.4 Å². The third kappa shape index (κ3) is 1.63. The molecule has 0 unspecified atom stereocenters. The molecule has 0 spiro atoms. The molecule has 0 radical (unpaired) electrons. The lowest BCUT2D eigenvalue weighted by atomic mass is 10.3. The highest BCUT2D eigenvalue weighted by atomic mass is 16.1. The van der Waals surface area contributed by atoms with Crippen molar-refractivity contribution in [3.63, 3.8) is 0 Å². The van der Waals surface area contributed by atoms with Crippen LogP contribution in [0.25, 0.3) is 0 Å². The molecule has 2 rings (SSSR count). The molecule has 2 aromatic rings. The topological polar surface area (TPSA) is 75.6 Å². The maximum atomic E-state index is 11.5. The lowest BCUT2D eigenvalue weighted by Gasteiger charge is -1.97. The quantitative estimate of drug-likeness (QED) is 0.721. The van der Waals surface area contributed by atoms with Crippen LogP contribution in [0.3, 0.4) is 0 Å². The fraction of sp³-hybridized carbons (Fsp3) is 0.125. The minimum Gasteiger partial charge on any atom is -0.319 e. The fourth-order valence-corrected chi connectivity index (χ4v) is 1.06. The van der Waals surface area contributed by atoms with Gasteiger partial charge in [-0.1, -0.05) is 0 Å². The van der Waals surface area contributed by atoms with E-state index in [9.17, 15) is 4.79 Å². The molecule has 0 saturated heterocycles. The number of amides is 1. The van der Waals surface area contributed by atoms with Crippen LogP contribution < -0.4 is 5.32 Å². The van der Waals surface area contributed by atoms with Gasteiger partial charge in [0.2, 0.25) is 0 Å². The van der Waals surface area contributed by atoms with Crippen LogP contribution in [0.4, 0.5) is 5.69 Å². The number of aromatic amines is 1. The molecule has 1 amide bonds. The molecule has 6 heteroatoms. The molecule has 14 heavy (non-hydrogen) atoms. The van der Waals surface area contributed by atoms with E-state index in [1.165, 1.54) is 12.4 Å². The van der Waals surface area contributed by atoms with E-state index < -0.39 is 0 Å². The number of anilines is 1. The highest BCUT2D eigenvalue weighted by molar-refractivity contribution is 6.03. The first-order valence-electron chi connectivity index (χ1n) is 4.04. The maximum absolute atomic E-state index is 11.5. The van der Waals surface area contributed by atoms with E-state index in [0.29, 0.717) is 11.3 Å². The molecule has 6 nitrogen and oxygen atoms in total. The normalized spacial score (nSPS) is 10.1. The summed E-state index contributed by atoms with van der Waals surface area (Å²) in [5.74, 6) is -0.195. The second-order valence-corrected chi connectivity index (χ2v) is 2.84. The van der Waals surface area contributed by atoms with Gasteiger partial charge in [-0.15, -0.1) is 0 Å². The molecule has 0 aliphatic rings. The Morgan fingerprint density at radius 1 is 1.57 bits per heavy atom. The minimum absolute atomic E-state index is 0.195. The van der Waals surface area contributed by atoms with E-state index in [1.54, 1.807) is 24.1 Å². The zero-order valence-corrected chi connectivity index (χ0v) is 7.56. The first-order valence-corrected chi connectivity index (χ1v) is 4.04. The predicted molar refractivity (Wildman–Crippen MR) is 49.7 cm³/mol. The molecule has 0 fully saturated rings. The second-order valence-electron chi connectivity index (χ2n) is 2.84. The van der Waals surface area contributed by atoms with Gasteiger partial charge < -0.3 is 5.32 Å². The number of aromatic nitrogens is 4. The Hall–Kier alpha value is -2.11. The molecule has 0 atom stereocenters. The number of nitrogens with one attached hydrogen (secondary N) is 2. The van der Waals surface area contributed by atoms with Gasteiger partial charge >= 0.3 is 0 Å². The summed E-state index contributed by atoms with van der Waals surface area (Å²) in [5, 5.41) is 12.9. The van der Waals surface area contributed by atoms with E-state index in [2.05, 4.69) is 20.6 Å². The molecule has 2 heterocycles. The summed E-state index contributed by atoms with van der Waals surface area (Å²) < 4.78 is 1.57. The Labute approximate surface area is 79.9 Å². The lowest BCUT2D eigenvalue weighted by molar-refractivity contribution is 0.102. The largest absolute Gasteiger partial charge is 0.319 e. The molecule has 0 bridgehead atoms. The first-order chi connectivity index (χ1) is 6.75. The summed E-state index contributed by atoms with van der Waals surface area (Å²) in [7, 11) is 1.76. The molecule has 0 saturated carbocycles. The van der Waals surface area contributed by atoms with Crippen LogP contribution in [-0.2, 0) is 7.05 Å². The Balaban J connectivity index is 2.10. The zero-order chi connectivity index (χ0) is 9.97. The maximum Gasteiger partial charge on any atom is 0.258 e. The Bertz CT molecular complexity index is 430. The van der Waals surface area contributed by atoms with Crippen LogP contribution in [-0.4, -0.2) is 25.9 Å². The van der Waals surface area contributed by atoms with Crippen molar-refractivity contribution in [2.75, 3.05) is 5.32 Å². The van der Waals surface area contributed by atoms with E-state index >= 15 is 0 Å². The standard InChI is InChI=1S/C8H9N5O/c1-13-5-6(2-11-13)8(14)12-7-3-9-10-4-7/h2-5H,1H3,(H,9,10)(H,12,14). The van der Waals surface area contributed by atoms with Crippen molar-refractivity contribution in [3.05, 3.63) is 30.4 Å². The highest BCUT2D eigenvalue weighted by Gasteiger charge is 2.07. The van der Waals surface area contributed by atoms with Crippen molar-refractivity contribution in [3.8, 4) is 0 Å². The van der Waals surface area contributed by atoms with Crippen molar-refractivity contribution in [2.45, 2.75) is 0 Å². The summed E-state index contributed by atoms with van der Waals surface area (Å²) >= 11 is 0. The van der Waals surface area contributed by atoms with E-state index in [-0.39, 0.29) is 5.91 Å². The van der Waals surface area contributed by atoms with Crippen LogP contribution in [0.15, 0.2) is 24.8 Å². The summed E-state index contributed by atoms with van der Waals surface area (Å²) in [4.78, 5) is 11.5. The predicted octanol–water partition coefficient (Wildman–Crippen LogP) is 0.395. The molecule has 2 N–H and O–H groups in total. The summed E-state index contributed by atoms with van der Waals surface area (Å²) in [5.41, 5.74) is 1.16. The SMILES string of the molecule is Cn1cc(C(=O)Nc2cn[nH]c2)cn1. The van der Waals surface area contributed by atoms with Crippen molar-refractivity contribution in [2.24, 2.45) is 7.05 Å². The van der Waals surface area contributed by atoms with Crippen molar-refractivity contribution >= 4 is 11.6 Å². The second kappa shape index (κ2) is 3.33. The molecule has 0 aliphatic heterocycles. The van der Waals surface area contributed by atoms with Crippen molar-refractivity contribution in [1.29, 1.82) is 0 Å². The van der Waals surface area contributed by atoms with Gasteiger partial charge in [-0.3, -0.25) is 14.6 Å². The molecule has 72 valence electrons. The highest BCUT2D eigenvalue weighted by Crippen LogP contribution is 2.05. The zero-order valence-electron chi connectivity index (χ0n) is 7.56. The van der Waals surface area contributed by atoms with Gasteiger partial charge in [0.25, 0.3) is 5.91 Å². The average molecular weight is 191 g/mol. The number of nitrogens with zero attached hydrogens (tertiary/aromatic N) is 3. The van der Waals surface area contributed by atoms with Crippen LogP contribution >= 0.6 is 0 Å². The van der Waals surface area contributed by atoms with Crippen LogP contribution in [0.5, 0.6) is 0 Å². The third-order valence-corrected chi connectivity index (χ3v) is 1.72. The molecular weight excluding hydrogens is 182 g/mol. The average Bonchev–Trinajstić information content (AvgIpc) is 2.75. The minimum atomic E-state index is -0.195. The van der Waals surface area contributed by atoms with Gasteiger partial charge in [-0.05, 0) is 0 Å². The molecular formula is C8H9N5O. The number of aryl methyl sites for hydroxylation is 1. The fourth-order valence-electron chi connectivity index (χ4n) is 1.06. The molecule has 2 aromatic heterocycles. The molecule has 0 aliphatic carbocycles. The summed E-state index contributed by atoms with van der Waals surface area (Å²) in [6, 6.07) is 0. The monoisotopic (exact) mass is 191 g/mol. The van der Waals surface area contributed by atoms with Gasteiger partial charge in [0.15, 0.2) is 0 Å². The van der Waals surface area contributed by atoms with Crippen LogP contribution in [0, 0.1) is 0 Å². The number of H-pyrrole nitrogens is 1. The number of hydrogen-bond acceptors (Lipinski definition) is 3. The Kier molecular flexibility index (Phi) is 2.02. The van der Waals surface area contributed by atoms with Crippen LogP contribution in [0.2, 0.25) is 0 Å². The van der Waals surface area contributed by atoms with Crippen molar-refractivity contribution in [1.82, 2.24) is 20.0 Å². The molecule has 0 aromatic carbocycles. The van der Waals surface area contributed by atoms with Gasteiger partial charge in [0, 0.05) is 19.4 Å². The first kappa shape index (κ1) is 8.49. The summed E-state index contributed by atoms with van der Waals surface area (Å²) in [6.45, 7) is 0. The van der Waals surface area contributed by atoms with Gasteiger partial charge in [-0.2, -0.15) is 10.2 Å². The van der Waals surface area contributed by atoms with Gasteiger partial charge in [0.05, 0.1) is 23.6 Å². The third-order valence-electron chi connectivity index (χ3n) is 1.72. The van der Waals surface area contributed by atoms with E-state index in [1.807, 2.05) is 0 Å². The lowest BCUT2D eigenvalue weighted by Crippen LogP contribution is -2.10. The number of hydrogen-bond donors (Lipinski definition) is 2. The van der Waals surface area contributed by atoms with Gasteiger partial charge in [-0.25, -0.2) is 0 Å². The van der Waals surface area contributed by atoms with E-state index in [0.717, 1.165) is 0 Å². The smallest absolute Gasteiger partial charge is 0.258 e.